The number of benzene rings is 2. The van der Waals surface area contributed by atoms with E-state index >= 15 is 0 Å². The van der Waals surface area contributed by atoms with Gasteiger partial charge in [-0.25, -0.2) is 4.39 Å². The van der Waals surface area contributed by atoms with Crippen molar-refractivity contribution in [2.24, 2.45) is 5.10 Å². The maximum atomic E-state index is 13.4. The second kappa shape index (κ2) is 8.14. The number of nitrogens with zero attached hydrogens (tertiary/aromatic N) is 1. The molecule has 4 nitrogen and oxygen atoms in total. The molecular formula is C15H12F3N3OS. The predicted molar refractivity (Wildman–Crippen MR) is 86.4 cm³/mol. The number of hydrogen-bond donors (Lipinski definition) is 2. The third-order valence-corrected chi connectivity index (χ3v) is 2.82. The van der Waals surface area contributed by atoms with E-state index in [9.17, 15) is 13.2 Å². The van der Waals surface area contributed by atoms with Crippen molar-refractivity contribution in [3.8, 4) is 5.75 Å². The molecule has 0 atom stereocenters. The van der Waals surface area contributed by atoms with E-state index in [1.807, 2.05) is 0 Å². The number of halogens is 3. The molecule has 0 aliphatic rings. The van der Waals surface area contributed by atoms with E-state index in [0.717, 1.165) is 0 Å². The van der Waals surface area contributed by atoms with Gasteiger partial charge in [0.1, 0.15) is 11.6 Å². The van der Waals surface area contributed by atoms with Gasteiger partial charge in [0.2, 0.25) is 0 Å². The Morgan fingerprint density at radius 1 is 1.13 bits per heavy atom. The summed E-state index contributed by atoms with van der Waals surface area (Å²) in [5.74, 6) is -0.475. The zero-order chi connectivity index (χ0) is 16.7. The number of thiocarbonyl (C=S) groups is 1. The molecule has 8 heteroatoms. The van der Waals surface area contributed by atoms with Gasteiger partial charge in [0, 0.05) is 5.56 Å². The number of rotatable bonds is 5. The van der Waals surface area contributed by atoms with Crippen molar-refractivity contribution in [1.82, 2.24) is 5.43 Å². The minimum Gasteiger partial charge on any atom is -0.434 e. The Hall–Kier alpha value is -2.61. The molecule has 0 fully saturated rings. The first kappa shape index (κ1) is 16.8. The molecule has 0 heterocycles. The summed E-state index contributed by atoms with van der Waals surface area (Å²) >= 11 is 4.96. The normalized spacial score (nSPS) is 10.8. The lowest BCUT2D eigenvalue weighted by molar-refractivity contribution is -0.0499. The van der Waals surface area contributed by atoms with E-state index < -0.39 is 12.4 Å². The third kappa shape index (κ3) is 5.26. The lowest BCUT2D eigenvalue weighted by Gasteiger charge is -2.08. The highest BCUT2D eigenvalue weighted by Gasteiger charge is 2.07. The van der Waals surface area contributed by atoms with E-state index in [1.54, 1.807) is 30.3 Å². The second-order valence-corrected chi connectivity index (χ2v) is 4.63. The van der Waals surface area contributed by atoms with Crippen molar-refractivity contribution in [3.05, 3.63) is 59.9 Å². The van der Waals surface area contributed by atoms with Crippen LogP contribution in [0.25, 0.3) is 0 Å². The molecule has 0 saturated carbocycles. The fourth-order valence-electron chi connectivity index (χ4n) is 1.66. The van der Waals surface area contributed by atoms with Crippen molar-refractivity contribution in [2.75, 3.05) is 5.32 Å². The number of nitrogens with one attached hydrogen (secondary N) is 2. The third-order valence-electron chi connectivity index (χ3n) is 2.63. The van der Waals surface area contributed by atoms with Gasteiger partial charge in [-0.3, -0.25) is 5.43 Å². The number of alkyl halides is 2. The van der Waals surface area contributed by atoms with Crippen molar-refractivity contribution in [2.45, 2.75) is 6.61 Å². The molecule has 0 bridgehead atoms. The average Bonchev–Trinajstić information content (AvgIpc) is 2.51. The summed E-state index contributed by atoms with van der Waals surface area (Å²) in [5.41, 5.74) is 3.01. The number of hydrogen-bond acceptors (Lipinski definition) is 3. The summed E-state index contributed by atoms with van der Waals surface area (Å²) in [6, 6.07) is 12.2. The summed E-state index contributed by atoms with van der Waals surface area (Å²) in [4.78, 5) is 0. The van der Waals surface area contributed by atoms with Crippen LogP contribution in [0.1, 0.15) is 5.56 Å². The second-order valence-electron chi connectivity index (χ2n) is 4.22. The Labute approximate surface area is 136 Å². The standard InChI is InChI=1S/C15H12F3N3OS/c16-11-6-2-3-7-12(11)20-15(23)21-19-9-10-5-1-4-8-13(10)22-14(17)18/h1-9,14H,(H2,20,21,23)/b19-9-. The molecule has 2 N–H and O–H groups in total. The highest BCUT2D eigenvalue weighted by Crippen LogP contribution is 2.18. The smallest absolute Gasteiger partial charge is 0.387 e. The van der Waals surface area contributed by atoms with Crippen LogP contribution in [0.4, 0.5) is 18.9 Å². The molecule has 0 radical (unpaired) electrons. The molecule has 2 aromatic rings. The lowest BCUT2D eigenvalue weighted by atomic mass is 10.2. The topological polar surface area (TPSA) is 45.7 Å². The fourth-order valence-corrected chi connectivity index (χ4v) is 1.83. The lowest BCUT2D eigenvalue weighted by Crippen LogP contribution is -2.24. The summed E-state index contributed by atoms with van der Waals surface area (Å²) in [6.07, 6.45) is 1.27. The van der Waals surface area contributed by atoms with Crippen LogP contribution in [-0.2, 0) is 0 Å². The van der Waals surface area contributed by atoms with Crippen molar-refractivity contribution in [1.29, 1.82) is 0 Å². The van der Waals surface area contributed by atoms with Crippen LogP contribution in [0.5, 0.6) is 5.75 Å². The van der Waals surface area contributed by atoms with Crippen molar-refractivity contribution >= 4 is 29.2 Å². The molecule has 120 valence electrons. The zero-order valence-corrected chi connectivity index (χ0v) is 12.5. The molecule has 0 spiro atoms. The average molecular weight is 339 g/mol. The van der Waals surface area contributed by atoms with Gasteiger partial charge in [0.05, 0.1) is 11.9 Å². The first-order valence-electron chi connectivity index (χ1n) is 6.44. The highest BCUT2D eigenvalue weighted by molar-refractivity contribution is 7.80. The zero-order valence-electron chi connectivity index (χ0n) is 11.7. The molecule has 2 rings (SSSR count). The number of para-hydroxylation sites is 2. The molecule has 0 saturated heterocycles. The molecule has 0 aliphatic heterocycles. The van der Waals surface area contributed by atoms with Crippen molar-refractivity contribution < 1.29 is 17.9 Å². The van der Waals surface area contributed by atoms with Crippen molar-refractivity contribution in [3.63, 3.8) is 0 Å². The first-order chi connectivity index (χ1) is 11.1. The SMILES string of the molecule is Fc1ccccc1NC(=S)N/N=C\c1ccccc1OC(F)F. The fraction of sp³-hybridized carbons (Fsp3) is 0.0667. The van der Waals surface area contributed by atoms with Crippen LogP contribution >= 0.6 is 12.2 Å². The van der Waals surface area contributed by atoms with E-state index in [2.05, 4.69) is 20.6 Å². The maximum Gasteiger partial charge on any atom is 0.387 e. The van der Waals surface area contributed by atoms with Gasteiger partial charge in [-0.05, 0) is 36.5 Å². The molecule has 0 aliphatic carbocycles. The van der Waals surface area contributed by atoms with Gasteiger partial charge in [0.25, 0.3) is 0 Å². The number of ether oxygens (including phenoxy) is 1. The van der Waals surface area contributed by atoms with Crippen LogP contribution in [0, 0.1) is 5.82 Å². The Bertz CT molecular complexity index is 710. The summed E-state index contributed by atoms with van der Waals surface area (Å²) in [7, 11) is 0. The Kier molecular flexibility index (Phi) is 5.93. The van der Waals surface area contributed by atoms with Gasteiger partial charge in [-0.15, -0.1) is 0 Å². The van der Waals surface area contributed by atoms with E-state index in [4.69, 9.17) is 12.2 Å². The molecular weight excluding hydrogens is 327 g/mol. The van der Waals surface area contributed by atoms with Crippen LogP contribution in [0.3, 0.4) is 0 Å². The van der Waals surface area contributed by atoms with Gasteiger partial charge < -0.3 is 10.1 Å². The Balaban J connectivity index is 1.96. The highest BCUT2D eigenvalue weighted by atomic mass is 32.1. The minimum absolute atomic E-state index is 0.0129. The van der Waals surface area contributed by atoms with Gasteiger partial charge in [-0.1, -0.05) is 24.3 Å². The van der Waals surface area contributed by atoms with Crippen LogP contribution in [-0.4, -0.2) is 17.9 Å². The van der Waals surface area contributed by atoms with E-state index in [0.29, 0.717) is 5.56 Å². The van der Waals surface area contributed by atoms with Crippen LogP contribution in [0.15, 0.2) is 53.6 Å². The van der Waals surface area contributed by atoms with Crippen LogP contribution < -0.4 is 15.5 Å². The Morgan fingerprint density at radius 2 is 1.83 bits per heavy atom. The molecule has 0 amide bonds. The monoisotopic (exact) mass is 339 g/mol. The minimum atomic E-state index is -2.93. The summed E-state index contributed by atoms with van der Waals surface area (Å²) in [6.45, 7) is -2.93. The largest absolute Gasteiger partial charge is 0.434 e. The molecule has 0 unspecified atom stereocenters. The predicted octanol–water partition coefficient (Wildman–Crippen LogP) is 3.75. The molecule has 2 aromatic carbocycles. The summed E-state index contributed by atoms with van der Waals surface area (Å²) in [5, 5.41) is 6.49. The van der Waals surface area contributed by atoms with Crippen LogP contribution in [0.2, 0.25) is 0 Å². The molecule has 0 aromatic heterocycles. The van der Waals surface area contributed by atoms with Gasteiger partial charge >= 0.3 is 6.61 Å². The maximum absolute atomic E-state index is 13.4. The van der Waals surface area contributed by atoms with E-state index in [1.165, 1.54) is 24.4 Å². The molecule has 23 heavy (non-hydrogen) atoms. The first-order valence-corrected chi connectivity index (χ1v) is 6.85. The number of hydrazone groups is 1. The quantitative estimate of drug-likeness (QED) is 0.495. The van der Waals surface area contributed by atoms with E-state index in [-0.39, 0.29) is 16.5 Å². The van der Waals surface area contributed by atoms with Gasteiger partial charge in [-0.2, -0.15) is 13.9 Å². The summed E-state index contributed by atoms with van der Waals surface area (Å²) < 4.78 is 42.4. The Morgan fingerprint density at radius 3 is 2.57 bits per heavy atom. The van der Waals surface area contributed by atoms with Gasteiger partial charge in [0.15, 0.2) is 5.11 Å². The number of anilines is 1.